The molecule has 0 unspecified atom stereocenters. The Morgan fingerprint density at radius 2 is 2.23 bits per heavy atom. The minimum Gasteiger partial charge on any atom is -0.376 e. The molecule has 2 aliphatic heterocycles. The van der Waals surface area contributed by atoms with Crippen molar-refractivity contribution < 1.29 is 9.53 Å². The van der Waals surface area contributed by atoms with Crippen LogP contribution in [0, 0.1) is 11.3 Å². The first kappa shape index (κ1) is 18.2. The molecule has 1 amide bonds. The van der Waals surface area contributed by atoms with Crippen LogP contribution in [0.15, 0.2) is 47.7 Å². The van der Waals surface area contributed by atoms with Crippen molar-refractivity contribution in [3.05, 3.63) is 53.3 Å². The predicted octanol–water partition coefficient (Wildman–Crippen LogP) is 3.04. The minimum atomic E-state index is -0.351. The lowest BCUT2D eigenvalue weighted by Gasteiger charge is -2.23. The topological polar surface area (TPSA) is 65.4 Å². The highest BCUT2D eigenvalue weighted by Crippen LogP contribution is 2.46. The van der Waals surface area contributed by atoms with E-state index in [0.29, 0.717) is 6.54 Å². The second-order valence-electron chi connectivity index (χ2n) is 7.29. The molecule has 2 aliphatic rings. The van der Waals surface area contributed by atoms with E-state index in [9.17, 15) is 10.1 Å². The molecule has 0 radical (unpaired) electrons. The molecule has 26 heavy (non-hydrogen) atoms. The maximum Gasteiger partial charge on any atom is 0.262 e. The van der Waals surface area contributed by atoms with E-state index >= 15 is 0 Å². The quantitative estimate of drug-likeness (QED) is 0.669. The largest absolute Gasteiger partial charge is 0.376 e. The molecule has 1 saturated heterocycles. The number of amides is 1. The maximum absolute atomic E-state index is 12.3. The molecule has 1 fully saturated rings. The third kappa shape index (κ3) is 3.38. The summed E-state index contributed by atoms with van der Waals surface area (Å²) in [5.41, 5.74) is 3.37. The molecule has 3 rings (SSSR count). The molecule has 0 spiro atoms. The summed E-state index contributed by atoms with van der Waals surface area (Å²) in [5.74, 6) is -0.351. The third-order valence-corrected chi connectivity index (χ3v) is 5.23. The molecule has 1 aromatic rings. The van der Waals surface area contributed by atoms with Gasteiger partial charge in [-0.2, -0.15) is 5.26 Å². The van der Waals surface area contributed by atoms with Crippen molar-refractivity contribution in [3.63, 3.8) is 0 Å². The Morgan fingerprint density at radius 1 is 1.46 bits per heavy atom. The first-order chi connectivity index (χ1) is 12.4. The standard InChI is InChI=1S/C21H25N3O2/c1-21(2)17-8-4-5-9-18(17)24(3)19(21)11-10-15(13-22)20(25)23-14-16-7-6-12-26-16/h4-5,8-11,16H,6-7,12,14H2,1-3H3,(H,23,25)/b15-10+,19-11-/t16-/m1/s1. The van der Waals surface area contributed by atoms with E-state index in [1.165, 1.54) is 5.56 Å². The summed E-state index contributed by atoms with van der Waals surface area (Å²) >= 11 is 0. The van der Waals surface area contributed by atoms with Gasteiger partial charge in [0.15, 0.2) is 0 Å². The van der Waals surface area contributed by atoms with Crippen LogP contribution < -0.4 is 10.2 Å². The van der Waals surface area contributed by atoms with Crippen LogP contribution in [-0.4, -0.2) is 32.2 Å². The van der Waals surface area contributed by atoms with E-state index < -0.39 is 0 Å². The molecule has 1 N–H and O–H groups in total. The fourth-order valence-electron chi connectivity index (χ4n) is 3.73. The molecule has 0 aliphatic carbocycles. The number of carbonyl (C=O) groups excluding carboxylic acids is 1. The number of nitriles is 1. The Balaban J connectivity index is 1.77. The molecule has 5 heteroatoms. The van der Waals surface area contributed by atoms with Crippen molar-refractivity contribution >= 4 is 11.6 Å². The number of ether oxygens (including phenoxy) is 1. The number of nitrogens with zero attached hydrogens (tertiary/aromatic N) is 2. The Labute approximate surface area is 154 Å². The van der Waals surface area contributed by atoms with E-state index in [-0.39, 0.29) is 23.0 Å². The zero-order valence-electron chi connectivity index (χ0n) is 15.6. The van der Waals surface area contributed by atoms with Gasteiger partial charge in [-0.1, -0.05) is 32.0 Å². The second kappa shape index (κ2) is 7.35. The van der Waals surface area contributed by atoms with Gasteiger partial charge in [-0.3, -0.25) is 4.79 Å². The summed E-state index contributed by atoms with van der Waals surface area (Å²) in [5, 5.41) is 12.2. The van der Waals surface area contributed by atoms with Crippen LogP contribution in [0.4, 0.5) is 5.69 Å². The third-order valence-electron chi connectivity index (χ3n) is 5.23. The SMILES string of the molecule is CN1/C(=C\C=C(/C#N)C(=O)NC[C@H]2CCCO2)C(C)(C)c2ccccc21. The van der Waals surface area contributed by atoms with E-state index in [1.807, 2.05) is 31.3 Å². The van der Waals surface area contributed by atoms with Gasteiger partial charge in [0.25, 0.3) is 5.91 Å². The number of hydrogen-bond acceptors (Lipinski definition) is 4. The number of para-hydroxylation sites is 1. The van der Waals surface area contributed by atoms with Crippen LogP contribution in [0.5, 0.6) is 0 Å². The van der Waals surface area contributed by atoms with Gasteiger partial charge in [0, 0.05) is 37.0 Å². The summed E-state index contributed by atoms with van der Waals surface area (Å²) in [6.45, 7) is 5.50. The van der Waals surface area contributed by atoms with Crippen LogP contribution in [0.3, 0.4) is 0 Å². The fourth-order valence-corrected chi connectivity index (χ4v) is 3.73. The van der Waals surface area contributed by atoms with Crippen molar-refractivity contribution in [3.8, 4) is 6.07 Å². The van der Waals surface area contributed by atoms with Gasteiger partial charge in [-0.05, 0) is 36.6 Å². The smallest absolute Gasteiger partial charge is 0.262 e. The van der Waals surface area contributed by atoms with Crippen molar-refractivity contribution in [1.82, 2.24) is 5.32 Å². The molecule has 1 aromatic carbocycles. The summed E-state index contributed by atoms with van der Waals surface area (Å²) in [7, 11) is 2.01. The fraction of sp³-hybridized carbons (Fsp3) is 0.429. The Kier molecular flexibility index (Phi) is 5.15. The minimum absolute atomic E-state index is 0.0617. The lowest BCUT2D eigenvalue weighted by Crippen LogP contribution is -2.32. The highest BCUT2D eigenvalue weighted by molar-refractivity contribution is 5.97. The molecule has 5 nitrogen and oxygen atoms in total. The molecular formula is C21H25N3O2. The maximum atomic E-state index is 12.3. The number of allylic oxidation sites excluding steroid dienone is 3. The summed E-state index contributed by atoms with van der Waals surface area (Å²) in [4.78, 5) is 14.4. The van der Waals surface area contributed by atoms with E-state index in [4.69, 9.17) is 4.74 Å². The summed E-state index contributed by atoms with van der Waals surface area (Å²) < 4.78 is 5.50. The number of rotatable bonds is 4. The highest BCUT2D eigenvalue weighted by atomic mass is 16.5. The highest BCUT2D eigenvalue weighted by Gasteiger charge is 2.37. The summed E-state index contributed by atoms with van der Waals surface area (Å²) in [6.07, 6.45) is 5.53. The van der Waals surface area contributed by atoms with Gasteiger partial charge in [-0.25, -0.2) is 0 Å². The first-order valence-corrected chi connectivity index (χ1v) is 9.00. The Hall–Kier alpha value is -2.58. The molecule has 1 atom stereocenters. The molecule has 136 valence electrons. The van der Waals surface area contributed by atoms with Gasteiger partial charge < -0.3 is 15.0 Å². The van der Waals surface area contributed by atoms with Crippen LogP contribution in [-0.2, 0) is 14.9 Å². The van der Waals surface area contributed by atoms with Crippen molar-refractivity contribution in [2.45, 2.75) is 38.2 Å². The molecule has 2 heterocycles. The average Bonchev–Trinajstić information content (AvgIpc) is 3.22. The second-order valence-corrected chi connectivity index (χ2v) is 7.29. The van der Waals surface area contributed by atoms with Crippen LogP contribution in [0.25, 0.3) is 0 Å². The molecular weight excluding hydrogens is 326 g/mol. The van der Waals surface area contributed by atoms with Crippen LogP contribution >= 0.6 is 0 Å². The molecule has 0 saturated carbocycles. The predicted molar refractivity (Wildman–Crippen MR) is 102 cm³/mol. The zero-order chi connectivity index (χ0) is 18.7. The number of fused-ring (bicyclic) bond motifs is 1. The van der Waals surface area contributed by atoms with Gasteiger partial charge in [0.05, 0.1) is 6.10 Å². The Morgan fingerprint density at radius 3 is 2.88 bits per heavy atom. The van der Waals surface area contributed by atoms with Gasteiger partial charge in [0.1, 0.15) is 11.6 Å². The normalized spacial score (nSPS) is 23.0. The lowest BCUT2D eigenvalue weighted by molar-refractivity contribution is -0.117. The molecule has 0 aromatic heterocycles. The average molecular weight is 351 g/mol. The summed E-state index contributed by atoms with van der Waals surface area (Å²) in [6, 6.07) is 10.3. The van der Waals surface area contributed by atoms with Crippen LogP contribution in [0.1, 0.15) is 32.3 Å². The monoisotopic (exact) mass is 351 g/mol. The van der Waals surface area contributed by atoms with Crippen LogP contribution in [0.2, 0.25) is 0 Å². The van der Waals surface area contributed by atoms with Gasteiger partial charge in [-0.15, -0.1) is 0 Å². The molecule has 0 bridgehead atoms. The van der Waals surface area contributed by atoms with E-state index in [1.54, 1.807) is 6.08 Å². The number of carbonyl (C=O) groups is 1. The van der Waals surface area contributed by atoms with E-state index in [2.05, 4.69) is 36.2 Å². The lowest BCUT2D eigenvalue weighted by atomic mass is 9.83. The number of anilines is 1. The number of nitrogens with one attached hydrogen (secondary N) is 1. The number of hydrogen-bond donors (Lipinski definition) is 1. The Bertz CT molecular complexity index is 796. The zero-order valence-corrected chi connectivity index (χ0v) is 15.6. The van der Waals surface area contributed by atoms with Crippen molar-refractivity contribution in [2.75, 3.05) is 25.1 Å². The number of benzene rings is 1. The van der Waals surface area contributed by atoms with Crippen molar-refractivity contribution in [1.29, 1.82) is 5.26 Å². The number of likely N-dealkylation sites (N-methyl/N-ethyl adjacent to an activating group) is 1. The van der Waals surface area contributed by atoms with Gasteiger partial charge >= 0.3 is 0 Å². The first-order valence-electron chi connectivity index (χ1n) is 9.00. The van der Waals surface area contributed by atoms with Crippen molar-refractivity contribution in [2.24, 2.45) is 0 Å². The van der Waals surface area contributed by atoms with Gasteiger partial charge in [0.2, 0.25) is 0 Å². The van der Waals surface area contributed by atoms with E-state index in [0.717, 1.165) is 30.8 Å².